The van der Waals surface area contributed by atoms with Gasteiger partial charge in [0.1, 0.15) is 6.29 Å². The maximum Gasteiger partial charge on any atom is 0.305 e. The summed E-state index contributed by atoms with van der Waals surface area (Å²) >= 11 is 0. The molecule has 0 radical (unpaired) electrons. The van der Waals surface area contributed by atoms with Gasteiger partial charge >= 0.3 is 5.97 Å². The molecule has 0 aromatic rings. The minimum atomic E-state index is 0.00288. The Hall–Kier alpha value is -0.940. The monoisotopic (exact) mass is 539 g/mol. The van der Waals surface area contributed by atoms with E-state index in [1.54, 1.807) is 0 Å². The highest BCUT2D eigenvalue weighted by Gasteiger charge is 2.13. The Labute approximate surface area is 237 Å². The number of carbonyl (C=O) groups excluding carboxylic acids is 2. The first-order chi connectivity index (χ1) is 18.6. The number of aldehydes is 1. The number of hydrogen-bond acceptors (Lipinski definition) is 5. The molecular formula is C33H66N2O3. The highest BCUT2D eigenvalue weighted by Crippen LogP contribution is 2.20. The molecule has 0 aromatic heterocycles. The normalized spacial score (nSPS) is 12.4. The summed E-state index contributed by atoms with van der Waals surface area (Å²) in [5.41, 5.74) is 0. The number of likely N-dealkylation sites (N-methyl/N-ethyl adjacent to an activating group) is 1. The third-order valence-electron chi connectivity index (χ3n) is 7.90. The van der Waals surface area contributed by atoms with Gasteiger partial charge in [-0.25, -0.2) is 0 Å². The molecule has 0 saturated carbocycles. The van der Waals surface area contributed by atoms with E-state index in [-0.39, 0.29) is 5.97 Å². The minimum absolute atomic E-state index is 0.00288. The van der Waals surface area contributed by atoms with Gasteiger partial charge in [-0.15, -0.1) is 0 Å². The predicted octanol–water partition coefficient (Wildman–Crippen LogP) is 8.44. The molecule has 0 aliphatic heterocycles. The van der Waals surface area contributed by atoms with Crippen LogP contribution in [0.5, 0.6) is 0 Å². The highest BCUT2D eigenvalue weighted by atomic mass is 16.5. The first kappa shape index (κ1) is 37.1. The average Bonchev–Trinajstić information content (AvgIpc) is 2.92. The third kappa shape index (κ3) is 25.3. The first-order valence-electron chi connectivity index (χ1n) is 16.6. The molecule has 0 saturated heterocycles. The number of nitrogens with zero attached hydrogens (tertiary/aromatic N) is 2. The second kappa shape index (κ2) is 29.1. The van der Waals surface area contributed by atoms with Crippen LogP contribution < -0.4 is 0 Å². The van der Waals surface area contributed by atoms with Crippen LogP contribution in [-0.4, -0.2) is 68.4 Å². The summed E-state index contributed by atoms with van der Waals surface area (Å²) in [7, 11) is 2.18. The van der Waals surface area contributed by atoms with Crippen molar-refractivity contribution in [1.82, 2.24) is 9.80 Å². The van der Waals surface area contributed by atoms with E-state index in [1.807, 2.05) is 0 Å². The first-order valence-corrected chi connectivity index (χ1v) is 16.6. The zero-order chi connectivity index (χ0) is 28.1. The Bertz CT molecular complexity index is 514. The second-order valence-electron chi connectivity index (χ2n) is 11.5. The van der Waals surface area contributed by atoms with E-state index < -0.39 is 0 Å². The SMILES string of the molecule is CCCCCCCCC(CCCCCC)COC(=O)CCCCCN(CCCCCC=O)CCN(C)CC. The summed E-state index contributed by atoms with van der Waals surface area (Å²) in [5.74, 6) is 0.548. The number of hydrogen-bond donors (Lipinski definition) is 0. The standard InChI is InChI=1S/C33H66N2O3/c1-5-8-10-12-13-18-24-32(23-17-11-9-6-2)31-38-33(37)25-19-16-21-27-35(29-28-34(4)7-3)26-20-14-15-22-30-36/h30,32H,5-29,31H2,1-4H3. The molecule has 0 amide bonds. The lowest BCUT2D eigenvalue weighted by molar-refractivity contribution is -0.145. The van der Waals surface area contributed by atoms with Gasteiger partial charge in [-0.1, -0.05) is 97.8 Å². The van der Waals surface area contributed by atoms with Crippen molar-refractivity contribution in [3.8, 4) is 0 Å². The van der Waals surface area contributed by atoms with E-state index in [1.165, 1.54) is 77.0 Å². The summed E-state index contributed by atoms with van der Waals surface area (Å²) in [5, 5.41) is 0. The zero-order valence-electron chi connectivity index (χ0n) is 26.2. The molecule has 0 rings (SSSR count). The van der Waals surface area contributed by atoms with Gasteiger partial charge in [0, 0.05) is 25.9 Å². The topological polar surface area (TPSA) is 49.9 Å². The maximum absolute atomic E-state index is 12.4. The number of esters is 1. The molecule has 5 heteroatoms. The van der Waals surface area contributed by atoms with Crippen LogP contribution >= 0.6 is 0 Å². The molecule has 1 unspecified atom stereocenters. The van der Waals surface area contributed by atoms with E-state index in [0.717, 1.165) is 77.5 Å². The largest absolute Gasteiger partial charge is 0.465 e. The number of carbonyl (C=O) groups is 2. The van der Waals surface area contributed by atoms with Crippen LogP contribution in [0.3, 0.4) is 0 Å². The van der Waals surface area contributed by atoms with Gasteiger partial charge in [0.25, 0.3) is 0 Å². The molecule has 226 valence electrons. The quantitative estimate of drug-likeness (QED) is 0.0522. The van der Waals surface area contributed by atoms with E-state index in [0.29, 0.717) is 25.4 Å². The zero-order valence-corrected chi connectivity index (χ0v) is 26.2. The number of ether oxygens (including phenoxy) is 1. The van der Waals surface area contributed by atoms with Gasteiger partial charge in [-0.3, -0.25) is 4.79 Å². The van der Waals surface area contributed by atoms with Crippen LogP contribution in [0.4, 0.5) is 0 Å². The lowest BCUT2D eigenvalue weighted by Gasteiger charge is -2.25. The molecule has 38 heavy (non-hydrogen) atoms. The van der Waals surface area contributed by atoms with Crippen molar-refractivity contribution >= 4 is 12.3 Å². The Morgan fingerprint density at radius 3 is 1.84 bits per heavy atom. The smallest absolute Gasteiger partial charge is 0.305 e. The van der Waals surface area contributed by atoms with Crippen LogP contribution in [-0.2, 0) is 14.3 Å². The van der Waals surface area contributed by atoms with Crippen molar-refractivity contribution in [1.29, 1.82) is 0 Å². The van der Waals surface area contributed by atoms with Gasteiger partial charge in [-0.05, 0) is 71.1 Å². The van der Waals surface area contributed by atoms with E-state index in [9.17, 15) is 9.59 Å². The van der Waals surface area contributed by atoms with Crippen LogP contribution in [0.1, 0.15) is 149 Å². The molecular weight excluding hydrogens is 472 g/mol. The molecule has 5 nitrogen and oxygen atoms in total. The Morgan fingerprint density at radius 1 is 0.684 bits per heavy atom. The van der Waals surface area contributed by atoms with Gasteiger partial charge in [0.05, 0.1) is 6.61 Å². The molecule has 0 aromatic carbocycles. The molecule has 0 aliphatic rings. The fourth-order valence-electron chi connectivity index (χ4n) is 4.99. The van der Waals surface area contributed by atoms with Crippen LogP contribution in [0.2, 0.25) is 0 Å². The minimum Gasteiger partial charge on any atom is -0.465 e. The fraction of sp³-hybridized carbons (Fsp3) is 0.939. The number of rotatable bonds is 30. The lowest BCUT2D eigenvalue weighted by Crippen LogP contribution is -2.34. The van der Waals surface area contributed by atoms with Gasteiger partial charge in [0.2, 0.25) is 0 Å². The average molecular weight is 539 g/mol. The van der Waals surface area contributed by atoms with Crippen molar-refractivity contribution in [3.63, 3.8) is 0 Å². The molecule has 0 heterocycles. The lowest BCUT2D eigenvalue weighted by atomic mass is 9.95. The van der Waals surface area contributed by atoms with Gasteiger partial charge < -0.3 is 19.3 Å². The van der Waals surface area contributed by atoms with Crippen molar-refractivity contribution < 1.29 is 14.3 Å². The van der Waals surface area contributed by atoms with Crippen LogP contribution in [0, 0.1) is 5.92 Å². The molecule has 0 bridgehead atoms. The van der Waals surface area contributed by atoms with Crippen molar-refractivity contribution in [2.75, 3.05) is 46.4 Å². The van der Waals surface area contributed by atoms with Crippen molar-refractivity contribution in [3.05, 3.63) is 0 Å². The summed E-state index contributed by atoms with van der Waals surface area (Å²) < 4.78 is 5.77. The van der Waals surface area contributed by atoms with E-state index >= 15 is 0 Å². The highest BCUT2D eigenvalue weighted by molar-refractivity contribution is 5.69. The number of unbranched alkanes of at least 4 members (excludes halogenated alkanes) is 13. The molecule has 0 spiro atoms. The Balaban J connectivity index is 4.22. The molecule has 0 aliphatic carbocycles. The summed E-state index contributed by atoms with van der Waals surface area (Å²) in [6.07, 6.45) is 24.3. The molecule has 1 atom stereocenters. The third-order valence-corrected chi connectivity index (χ3v) is 7.90. The Morgan fingerprint density at radius 2 is 1.24 bits per heavy atom. The van der Waals surface area contributed by atoms with E-state index in [4.69, 9.17) is 4.74 Å². The van der Waals surface area contributed by atoms with Crippen molar-refractivity contribution in [2.24, 2.45) is 5.92 Å². The summed E-state index contributed by atoms with van der Waals surface area (Å²) in [6.45, 7) is 12.8. The molecule has 0 N–H and O–H groups in total. The van der Waals surface area contributed by atoms with Crippen LogP contribution in [0.15, 0.2) is 0 Å². The van der Waals surface area contributed by atoms with Crippen LogP contribution in [0.25, 0.3) is 0 Å². The van der Waals surface area contributed by atoms with Gasteiger partial charge in [-0.2, -0.15) is 0 Å². The predicted molar refractivity (Wildman–Crippen MR) is 164 cm³/mol. The Kier molecular flexibility index (Phi) is 28.3. The maximum atomic E-state index is 12.4. The van der Waals surface area contributed by atoms with Gasteiger partial charge in [0.15, 0.2) is 0 Å². The van der Waals surface area contributed by atoms with Crippen molar-refractivity contribution in [2.45, 2.75) is 149 Å². The summed E-state index contributed by atoms with van der Waals surface area (Å²) in [4.78, 5) is 27.9. The second-order valence-corrected chi connectivity index (χ2v) is 11.5. The molecule has 0 fully saturated rings. The fourth-order valence-corrected chi connectivity index (χ4v) is 4.99. The summed E-state index contributed by atoms with van der Waals surface area (Å²) in [6, 6.07) is 0. The van der Waals surface area contributed by atoms with E-state index in [2.05, 4.69) is 37.6 Å².